The van der Waals surface area contributed by atoms with E-state index in [0.29, 0.717) is 6.04 Å². The van der Waals surface area contributed by atoms with Gasteiger partial charge in [0.1, 0.15) is 12.2 Å². The number of nitrogens with zero attached hydrogens (tertiary/aromatic N) is 3. The van der Waals surface area contributed by atoms with Crippen molar-refractivity contribution < 1.29 is 0 Å². The summed E-state index contributed by atoms with van der Waals surface area (Å²) >= 11 is 2.10. The molecule has 4 nitrogen and oxygen atoms in total. The van der Waals surface area contributed by atoms with Crippen molar-refractivity contribution in [2.75, 3.05) is 5.75 Å². The number of thioether (sulfide) groups is 1. The van der Waals surface area contributed by atoms with Crippen LogP contribution in [0.3, 0.4) is 0 Å². The molecule has 1 aliphatic rings. The molecule has 2 unspecified atom stereocenters. The van der Waals surface area contributed by atoms with Crippen molar-refractivity contribution in [3.05, 3.63) is 12.2 Å². The van der Waals surface area contributed by atoms with Gasteiger partial charge >= 0.3 is 0 Å². The maximum Gasteiger partial charge on any atom is 0.140 e. The average Bonchev–Trinajstić information content (AvgIpc) is 2.86. The third-order valence-electron chi connectivity index (χ3n) is 3.14. The van der Waals surface area contributed by atoms with Crippen molar-refractivity contribution >= 4 is 11.8 Å². The molecule has 90 valence electrons. The Morgan fingerprint density at radius 3 is 3.12 bits per heavy atom. The molecule has 0 amide bonds. The Balaban J connectivity index is 1.74. The van der Waals surface area contributed by atoms with E-state index in [1.54, 1.807) is 6.33 Å². The van der Waals surface area contributed by atoms with E-state index >= 15 is 0 Å². The fraction of sp³-hybridized carbons (Fsp3) is 0.818. The number of aromatic nitrogens is 3. The minimum atomic E-state index is 0.667. The van der Waals surface area contributed by atoms with Crippen molar-refractivity contribution in [1.29, 1.82) is 0 Å². The van der Waals surface area contributed by atoms with Gasteiger partial charge < -0.3 is 5.32 Å². The van der Waals surface area contributed by atoms with Crippen LogP contribution in [0.15, 0.2) is 6.33 Å². The molecule has 0 aromatic carbocycles. The number of rotatable bonds is 5. The van der Waals surface area contributed by atoms with E-state index in [-0.39, 0.29) is 0 Å². The van der Waals surface area contributed by atoms with E-state index in [9.17, 15) is 0 Å². The summed E-state index contributed by atoms with van der Waals surface area (Å²) in [6.45, 7) is 3.08. The highest BCUT2D eigenvalue weighted by Gasteiger charge is 2.24. The van der Waals surface area contributed by atoms with E-state index in [2.05, 4.69) is 34.1 Å². The first-order valence-corrected chi connectivity index (χ1v) is 7.02. The molecule has 1 saturated carbocycles. The summed E-state index contributed by atoms with van der Waals surface area (Å²) < 4.78 is 1.83. The molecule has 1 aromatic heterocycles. The minimum absolute atomic E-state index is 0.667. The topological polar surface area (TPSA) is 42.7 Å². The number of hydrogen-bond donors (Lipinski definition) is 1. The van der Waals surface area contributed by atoms with Gasteiger partial charge in [-0.15, -0.1) is 0 Å². The lowest BCUT2D eigenvalue weighted by Gasteiger charge is -2.12. The number of aryl methyl sites for hydroxylation is 1. The predicted octanol–water partition coefficient (Wildman–Crippen LogP) is 1.58. The lowest BCUT2D eigenvalue weighted by molar-refractivity contribution is 0.502. The third kappa shape index (κ3) is 2.98. The molecule has 0 aliphatic heterocycles. The van der Waals surface area contributed by atoms with Crippen molar-refractivity contribution in [2.45, 2.75) is 44.0 Å². The number of nitrogens with one attached hydrogen (secondary N) is 1. The van der Waals surface area contributed by atoms with Gasteiger partial charge in [-0.3, -0.25) is 4.68 Å². The molecule has 5 heteroatoms. The molecule has 16 heavy (non-hydrogen) atoms. The van der Waals surface area contributed by atoms with Crippen LogP contribution in [-0.4, -0.2) is 31.8 Å². The van der Waals surface area contributed by atoms with E-state index in [4.69, 9.17) is 0 Å². The standard InChI is InChI=1S/C11H20N4S/c1-3-16-10-5-4-9(6-10)12-7-11-13-8-14-15(11)2/h8-10,12H,3-7H2,1-2H3. The second-order valence-corrected chi connectivity index (χ2v) is 5.85. The van der Waals surface area contributed by atoms with Gasteiger partial charge in [-0.1, -0.05) is 6.92 Å². The summed E-state index contributed by atoms with van der Waals surface area (Å²) in [5.41, 5.74) is 0. The molecule has 0 saturated heterocycles. The van der Waals surface area contributed by atoms with Gasteiger partial charge in [-0.25, -0.2) is 4.98 Å². The molecule has 1 fully saturated rings. The molecule has 1 N–H and O–H groups in total. The highest BCUT2D eigenvalue weighted by Crippen LogP contribution is 2.29. The zero-order valence-electron chi connectivity index (χ0n) is 10.0. The second kappa shape index (κ2) is 5.68. The fourth-order valence-corrected chi connectivity index (χ4v) is 3.37. The van der Waals surface area contributed by atoms with Crippen LogP contribution in [0.1, 0.15) is 32.0 Å². The van der Waals surface area contributed by atoms with Crippen molar-refractivity contribution in [1.82, 2.24) is 20.1 Å². The van der Waals surface area contributed by atoms with Crippen LogP contribution < -0.4 is 5.32 Å². The number of hydrogen-bond acceptors (Lipinski definition) is 4. The van der Waals surface area contributed by atoms with Gasteiger partial charge in [0.2, 0.25) is 0 Å². The van der Waals surface area contributed by atoms with Crippen LogP contribution >= 0.6 is 11.8 Å². The van der Waals surface area contributed by atoms with Crippen LogP contribution in [-0.2, 0) is 13.6 Å². The average molecular weight is 240 g/mol. The lowest BCUT2D eigenvalue weighted by Crippen LogP contribution is -2.27. The summed E-state index contributed by atoms with van der Waals surface area (Å²) in [6.07, 6.45) is 5.57. The van der Waals surface area contributed by atoms with Gasteiger partial charge in [0.15, 0.2) is 0 Å². The molecule has 0 spiro atoms. The first-order chi connectivity index (χ1) is 7.79. The molecule has 2 atom stereocenters. The van der Waals surface area contributed by atoms with E-state index < -0.39 is 0 Å². The summed E-state index contributed by atoms with van der Waals surface area (Å²) in [4.78, 5) is 4.22. The SMILES string of the molecule is CCSC1CCC(NCc2ncnn2C)C1. The highest BCUT2D eigenvalue weighted by atomic mass is 32.2. The minimum Gasteiger partial charge on any atom is -0.307 e. The maximum absolute atomic E-state index is 4.22. The van der Waals surface area contributed by atoms with Crippen LogP contribution in [0, 0.1) is 0 Å². The normalized spacial score (nSPS) is 25.1. The Labute approximate surface area is 101 Å². The Hall–Kier alpha value is -0.550. The smallest absolute Gasteiger partial charge is 0.140 e. The predicted molar refractivity (Wildman–Crippen MR) is 67.4 cm³/mol. The summed E-state index contributed by atoms with van der Waals surface area (Å²) in [6, 6.07) is 0.667. The Morgan fingerprint density at radius 1 is 1.56 bits per heavy atom. The largest absolute Gasteiger partial charge is 0.307 e. The first kappa shape index (κ1) is 11.9. The molecular weight excluding hydrogens is 220 g/mol. The zero-order valence-corrected chi connectivity index (χ0v) is 10.8. The van der Waals surface area contributed by atoms with Gasteiger partial charge in [0.25, 0.3) is 0 Å². The quantitative estimate of drug-likeness (QED) is 0.848. The van der Waals surface area contributed by atoms with Crippen LogP contribution in [0.2, 0.25) is 0 Å². The monoisotopic (exact) mass is 240 g/mol. The van der Waals surface area contributed by atoms with Crippen LogP contribution in [0.25, 0.3) is 0 Å². The Bertz CT molecular complexity index is 326. The van der Waals surface area contributed by atoms with Crippen LogP contribution in [0.4, 0.5) is 0 Å². The lowest BCUT2D eigenvalue weighted by atomic mass is 10.2. The molecule has 1 aliphatic carbocycles. The van der Waals surface area contributed by atoms with E-state index in [1.807, 2.05) is 11.7 Å². The summed E-state index contributed by atoms with van der Waals surface area (Å²) in [7, 11) is 1.94. The third-order valence-corrected chi connectivity index (χ3v) is 4.37. The molecule has 0 radical (unpaired) electrons. The second-order valence-electron chi connectivity index (χ2n) is 4.27. The maximum atomic E-state index is 4.22. The molecule has 2 rings (SSSR count). The van der Waals surface area contributed by atoms with Crippen LogP contribution in [0.5, 0.6) is 0 Å². The summed E-state index contributed by atoms with van der Waals surface area (Å²) in [5.74, 6) is 2.26. The van der Waals surface area contributed by atoms with Gasteiger partial charge in [-0.05, 0) is 25.0 Å². The molecule has 1 heterocycles. The fourth-order valence-electron chi connectivity index (χ4n) is 2.23. The first-order valence-electron chi connectivity index (χ1n) is 5.97. The summed E-state index contributed by atoms with van der Waals surface area (Å²) in [5, 5.41) is 8.51. The molecular formula is C11H20N4S. The molecule has 1 aromatic rings. The van der Waals surface area contributed by atoms with Crippen molar-refractivity contribution in [2.24, 2.45) is 7.05 Å². The van der Waals surface area contributed by atoms with Gasteiger partial charge in [-0.2, -0.15) is 16.9 Å². The highest BCUT2D eigenvalue weighted by molar-refractivity contribution is 7.99. The van der Waals surface area contributed by atoms with Gasteiger partial charge in [0, 0.05) is 18.3 Å². The molecule has 0 bridgehead atoms. The Kier molecular flexibility index (Phi) is 4.23. The van der Waals surface area contributed by atoms with E-state index in [0.717, 1.165) is 17.6 Å². The van der Waals surface area contributed by atoms with Crippen molar-refractivity contribution in [3.8, 4) is 0 Å². The van der Waals surface area contributed by atoms with E-state index in [1.165, 1.54) is 25.0 Å². The zero-order chi connectivity index (χ0) is 11.4. The van der Waals surface area contributed by atoms with Crippen molar-refractivity contribution in [3.63, 3.8) is 0 Å². The van der Waals surface area contributed by atoms with Gasteiger partial charge in [0.05, 0.1) is 6.54 Å². The Morgan fingerprint density at radius 2 is 2.44 bits per heavy atom.